The minimum atomic E-state index is 0.478. The van der Waals surface area contributed by atoms with Crippen LogP contribution in [0.15, 0.2) is 0 Å². The molecule has 88 valence electrons. The van der Waals surface area contributed by atoms with E-state index in [1.165, 1.54) is 45.1 Å². The third-order valence-electron chi connectivity index (χ3n) is 4.32. The van der Waals surface area contributed by atoms with Crippen molar-refractivity contribution in [2.75, 3.05) is 6.54 Å². The summed E-state index contributed by atoms with van der Waals surface area (Å²) in [6.45, 7) is 5.97. The molecule has 0 aromatic rings. The van der Waals surface area contributed by atoms with Crippen LogP contribution >= 0.6 is 0 Å². The molecule has 2 rings (SSSR count). The predicted molar refractivity (Wildman–Crippen MR) is 64.8 cm³/mol. The first-order valence-electron chi connectivity index (χ1n) is 6.70. The molecule has 2 nitrogen and oxygen atoms in total. The lowest BCUT2D eigenvalue weighted by Crippen LogP contribution is -2.45. The van der Waals surface area contributed by atoms with Gasteiger partial charge in [-0.25, -0.2) is 0 Å². The van der Waals surface area contributed by atoms with Crippen LogP contribution in [0.5, 0.6) is 0 Å². The van der Waals surface area contributed by atoms with Crippen molar-refractivity contribution in [3.8, 4) is 0 Å². The summed E-state index contributed by atoms with van der Waals surface area (Å²) < 4.78 is 0. The minimum Gasteiger partial charge on any atom is -0.327 e. The second-order valence-electron chi connectivity index (χ2n) is 5.66. The maximum absolute atomic E-state index is 6.16. The van der Waals surface area contributed by atoms with Crippen LogP contribution in [0.1, 0.15) is 52.4 Å². The van der Waals surface area contributed by atoms with Crippen LogP contribution < -0.4 is 5.73 Å². The quantitative estimate of drug-likeness (QED) is 0.772. The number of piperidine rings is 1. The Balaban J connectivity index is 1.75. The third kappa shape index (κ3) is 2.94. The van der Waals surface area contributed by atoms with Gasteiger partial charge in [0.15, 0.2) is 0 Å². The van der Waals surface area contributed by atoms with Crippen molar-refractivity contribution in [1.82, 2.24) is 4.90 Å². The van der Waals surface area contributed by atoms with E-state index in [0.29, 0.717) is 6.04 Å². The molecule has 1 heterocycles. The number of hydrogen-bond donors (Lipinski definition) is 1. The molecule has 1 aliphatic carbocycles. The molecule has 3 atom stereocenters. The first-order chi connectivity index (χ1) is 7.18. The van der Waals surface area contributed by atoms with Gasteiger partial charge in [0.25, 0.3) is 0 Å². The molecule has 1 aliphatic heterocycles. The maximum atomic E-state index is 6.16. The standard InChI is InChI=1S/C13H26N2/c1-10-4-3-5-11(2)15(10)9-8-13(14)12-6-7-12/h10-13H,3-9,14H2,1-2H3. The van der Waals surface area contributed by atoms with E-state index in [2.05, 4.69) is 18.7 Å². The van der Waals surface area contributed by atoms with Gasteiger partial charge < -0.3 is 5.73 Å². The van der Waals surface area contributed by atoms with Crippen LogP contribution in [0.4, 0.5) is 0 Å². The summed E-state index contributed by atoms with van der Waals surface area (Å²) in [4.78, 5) is 2.67. The summed E-state index contributed by atoms with van der Waals surface area (Å²) in [5, 5.41) is 0. The molecule has 1 saturated heterocycles. The molecule has 2 N–H and O–H groups in total. The van der Waals surface area contributed by atoms with Crippen LogP contribution in [0, 0.1) is 5.92 Å². The molecule has 0 radical (unpaired) electrons. The number of likely N-dealkylation sites (tertiary alicyclic amines) is 1. The molecule has 2 fully saturated rings. The lowest BCUT2D eigenvalue weighted by molar-refractivity contribution is 0.0989. The molecule has 15 heavy (non-hydrogen) atoms. The highest BCUT2D eigenvalue weighted by Crippen LogP contribution is 2.33. The summed E-state index contributed by atoms with van der Waals surface area (Å²) in [6.07, 6.45) is 8.14. The number of hydrogen-bond acceptors (Lipinski definition) is 2. The predicted octanol–water partition coefficient (Wildman–Crippen LogP) is 2.38. The second-order valence-corrected chi connectivity index (χ2v) is 5.66. The Morgan fingerprint density at radius 3 is 2.27 bits per heavy atom. The summed E-state index contributed by atoms with van der Waals surface area (Å²) in [7, 11) is 0. The molecule has 0 bridgehead atoms. The highest BCUT2D eigenvalue weighted by molar-refractivity contribution is 4.86. The lowest BCUT2D eigenvalue weighted by Gasteiger charge is -2.39. The van der Waals surface area contributed by atoms with E-state index >= 15 is 0 Å². The molecule has 3 unspecified atom stereocenters. The number of rotatable bonds is 4. The van der Waals surface area contributed by atoms with Crippen molar-refractivity contribution < 1.29 is 0 Å². The van der Waals surface area contributed by atoms with Gasteiger partial charge in [-0.2, -0.15) is 0 Å². The molecule has 0 aromatic carbocycles. The fraction of sp³-hybridized carbons (Fsp3) is 1.00. The monoisotopic (exact) mass is 210 g/mol. The average Bonchev–Trinajstić information content (AvgIpc) is 2.99. The minimum absolute atomic E-state index is 0.478. The van der Waals surface area contributed by atoms with E-state index in [1.807, 2.05) is 0 Å². The Morgan fingerprint density at radius 1 is 1.13 bits per heavy atom. The fourth-order valence-corrected chi connectivity index (χ4v) is 2.97. The van der Waals surface area contributed by atoms with Gasteiger partial charge in [-0.3, -0.25) is 4.90 Å². The normalized spacial score (nSPS) is 35.4. The van der Waals surface area contributed by atoms with Gasteiger partial charge in [-0.05, 0) is 51.9 Å². The third-order valence-corrected chi connectivity index (χ3v) is 4.32. The molecular weight excluding hydrogens is 184 g/mol. The van der Waals surface area contributed by atoms with Crippen LogP contribution in [0.3, 0.4) is 0 Å². The van der Waals surface area contributed by atoms with Crippen LogP contribution in [-0.4, -0.2) is 29.6 Å². The molecule has 2 aliphatic rings. The van der Waals surface area contributed by atoms with Crippen molar-refractivity contribution >= 4 is 0 Å². The Morgan fingerprint density at radius 2 is 1.73 bits per heavy atom. The van der Waals surface area contributed by atoms with Gasteiger partial charge >= 0.3 is 0 Å². The Labute approximate surface area is 94.2 Å². The molecule has 0 aromatic heterocycles. The summed E-state index contributed by atoms with van der Waals surface area (Å²) in [5.74, 6) is 0.861. The fourth-order valence-electron chi connectivity index (χ4n) is 2.97. The Bertz CT molecular complexity index is 191. The molecule has 0 amide bonds. The molecular formula is C13H26N2. The summed E-state index contributed by atoms with van der Waals surface area (Å²) in [5.41, 5.74) is 6.16. The lowest BCUT2D eigenvalue weighted by atomic mass is 9.96. The highest BCUT2D eigenvalue weighted by atomic mass is 15.2. The van der Waals surface area contributed by atoms with E-state index in [-0.39, 0.29) is 0 Å². The van der Waals surface area contributed by atoms with E-state index < -0.39 is 0 Å². The molecule has 1 saturated carbocycles. The van der Waals surface area contributed by atoms with Gasteiger partial charge in [0.05, 0.1) is 0 Å². The zero-order valence-electron chi connectivity index (χ0n) is 10.3. The van der Waals surface area contributed by atoms with Crippen molar-refractivity contribution in [2.45, 2.75) is 70.5 Å². The van der Waals surface area contributed by atoms with E-state index in [0.717, 1.165) is 18.0 Å². The van der Waals surface area contributed by atoms with Crippen LogP contribution in [0.25, 0.3) is 0 Å². The first-order valence-corrected chi connectivity index (χ1v) is 6.70. The van der Waals surface area contributed by atoms with Gasteiger partial charge in [0.1, 0.15) is 0 Å². The van der Waals surface area contributed by atoms with Crippen molar-refractivity contribution in [3.05, 3.63) is 0 Å². The van der Waals surface area contributed by atoms with Gasteiger partial charge in [0.2, 0.25) is 0 Å². The second kappa shape index (κ2) is 4.84. The van der Waals surface area contributed by atoms with Crippen molar-refractivity contribution in [2.24, 2.45) is 11.7 Å². The Kier molecular flexibility index (Phi) is 3.68. The largest absolute Gasteiger partial charge is 0.327 e. The van der Waals surface area contributed by atoms with Crippen molar-refractivity contribution in [3.63, 3.8) is 0 Å². The first kappa shape index (κ1) is 11.4. The number of nitrogens with zero attached hydrogens (tertiary/aromatic N) is 1. The summed E-state index contributed by atoms with van der Waals surface area (Å²) in [6, 6.07) is 2.03. The highest BCUT2D eigenvalue weighted by Gasteiger charge is 2.30. The van der Waals surface area contributed by atoms with Gasteiger partial charge in [-0.15, -0.1) is 0 Å². The van der Waals surface area contributed by atoms with Crippen molar-refractivity contribution in [1.29, 1.82) is 0 Å². The van der Waals surface area contributed by atoms with E-state index in [9.17, 15) is 0 Å². The molecule has 0 spiro atoms. The van der Waals surface area contributed by atoms with Crippen LogP contribution in [-0.2, 0) is 0 Å². The maximum Gasteiger partial charge on any atom is 0.00793 e. The van der Waals surface area contributed by atoms with Gasteiger partial charge in [-0.1, -0.05) is 6.42 Å². The van der Waals surface area contributed by atoms with Gasteiger partial charge in [0, 0.05) is 24.7 Å². The zero-order chi connectivity index (χ0) is 10.8. The SMILES string of the molecule is CC1CCCC(C)N1CCC(N)C1CC1. The smallest absolute Gasteiger partial charge is 0.00793 e. The Hall–Kier alpha value is -0.0800. The van der Waals surface area contributed by atoms with E-state index in [1.54, 1.807) is 0 Å². The van der Waals surface area contributed by atoms with Crippen LogP contribution in [0.2, 0.25) is 0 Å². The molecule has 2 heteroatoms. The number of nitrogens with two attached hydrogens (primary N) is 1. The average molecular weight is 210 g/mol. The van der Waals surface area contributed by atoms with E-state index in [4.69, 9.17) is 5.73 Å². The topological polar surface area (TPSA) is 29.3 Å². The zero-order valence-corrected chi connectivity index (χ0v) is 10.3. The summed E-state index contributed by atoms with van der Waals surface area (Å²) >= 11 is 0.